The van der Waals surface area contributed by atoms with Gasteiger partial charge in [0.1, 0.15) is 0 Å². The number of hydrogen-bond donors (Lipinski definition) is 1. The Morgan fingerprint density at radius 2 is 1.90 bits per heavy atom. The van der Waals surface area contributed by atoms with Crippen LogP contribution in [0.2, 0.25) is 0 Å². The molecule has 1 radical (unpaired) electrons. The minimum atomic E-state index is -0.707. The second-order valence-electron chi connectivity index (χ2n) is 2.40. The molecule has 0 heterocycles. The molecule has 1 N–H and O–H groups in total. The van der Waals surface area contributed by atoms with Crippen LogP contribution in [0.4, 0.5) is 0 Å². The molecule has 0 bridgehead atoms. The number of ether oxygens (including phenoxy) is 2. The van der Waals surface area contributed by atoms with Crippen molar-refractivity contribution in [2.24, 2.45) is 0 Å². The second-order valence-corrected chi connectivity index (χ2v) is 2.40. The first kappa shape index (κ1) is 9.88. The molecule has 0 fully saturated rings. The third-order valence-electron chi connectivity index (χ3n) is 1.47. The lowest BCUT2D eigenvalue weighted by Gasteiger charge is -2.27. The number of aliphatic hydroxyl groups excluding tert-OH is 1. The predicted octanol–water partition coefficient (Wildman–Crippen LogP) is 0.580. The third kappa shape index (κ3) is 3.15. The van der Waals surface area contributed by atoms with Gasteiger partial charge < -0.3 is 14.6 Å². The smallest absolute Gasteiger partial charge is 0.167 e. The van der Waals surface area contributed by atoms with Gasteiger partial charge in [0.15, 0.2) is 5.79 Å². The Morgan fingerprint density at radius 3 is 2.00 bits per heavy atom. The molecular weight excluding hydrogens is 132 g/mol. The molecule has 0 aromatic rings. The van der Waals surface area contributed by atoms with Gasteiger partial charge in [0.05, 0.1) is 6.10 Å². The molecule has 0 aromatic heterocycles. The van der Waals surface area contributed by atoms with Gasteiger partial charge in [-0.25, -0.2) is 0 Å². The minimum absolute atomic E-state index is 0.375. The van der Waals surface area contributed by atoms with E-state index in [0.717, 1.165) is 0 Å². The molecule has 0 aromatic carbocycles. The van der Waals surface area contributed by atoms with Crippen molar-refractivity contribution in [2.75, 3.05) is 14.2 Å². The Balaban J connectivity index is 3.80. The Hall–Kier alpha value is -0.120. The molecule has 0 aliphatic rings. The van der Waals surface area contributed by atoms with Crippen LogP contribution in [-0.2, 0) is 9.47 Å². The molecule has 0 amide bonds. The maximum Gasteiger partial charge on any atom is 0.167 e. The molecule has 0 aliphatic heterocycles. The topological polar surface area (TPSA) is 38.7 Å². The van der Waals surface area contributed by atoms with E-state index < -0.39 is 11.9 Å². The highest BCUT2D eigenvalue weighted by Crippen LogP contribution is 2.16. The maximum absolute atomic E-state index is 8.88. The molecular formula is C7H15O3. The standard InChI is InChI=1S/C7H15O3/c1-6(8)5-7(2,9-3)10-4/h6,8H,1,5H2,2-4H3. The zero-order chi connectivity index (χ0) is 8.20. The largest absolute Gasteiger partial charge is 0.393 e. The van der Waals surface area contributed by atoms with Crippen LogP contribution in [0.1, 0.15) is 13.3 Å². The first-order valence-corrected chi connectivity index (χ1v) is 3.15. The molecule has 1 unspecified atom stereocenters. The van der Waals surface area contributed by atoms with Crippen molar-refractivity contribution in [3.8, 4) is 0 Å². The quantitative estimate of drug-likeness (QED) is 0.591. The first-order chi connectivity index (χ1) is 4.54. The Kier molecular flexibility index (Phi) is 3.86. The molecule has 61 valence electrons. The average Bonchev–Trinajstić information content (AvgIpc) is 1.87. The van der Waals surface area contributed by atoms with Crippen molar-refractivity contribution in [1.29, 1.82) is 0 Å². The van der Waals surface area contributed by atoms with Crippen molar-refractivity contribution in [2.45, 2.75) is 25.2 Å². The van der Waals surface area contributed by atoms with Crippen LogP contribution in [0.5, 0.6) is 0 Å². The van der Waals surface area contributed by atoms with Crippen molar-refractivity contribution in [1.82, 2.24) is 0 Å². The summed E-state index contributed by atoms with van der Waals surface area (Å²) >= 11 is 0. The van der Waals surface area contributed by atoms with Gasteiger partial charge >= 0.3 is 0 Å². The number of rotatable bonds is 4. The van der Waals surface area contributed by atoms with Crippen LogP contribution >= 0.6 is 0 Å². The Morgan fingerprint density at radius 1 is 1.50 bits per heavy atom. The molecule has 10 heavy (non-hydrogen) atoms. The normalized spacial score (nSPS) is 15.3. The van der Waals surface area contributed by atoms with Gasteiger partial charge in [-0.15, -0.1) is 0 Å². The third-order valence-corrected chi connectivity index (χ3v) is 1.47. The summed E-state index contributed by atoms with van der Waals surface area (Å²) in [6, 6.07) is 0. The fraction of sp³-hybridized carbons (Fsp3) is 0.857. The van der Waals surface area contributed by atoms with Gasteiger partial charge in [0.2, 0.25) is 0 Å². The summed E-state index contributed by atoms with van der Waals surface area (Å²) in [5.41, 5.74) is 0. The van der Waals surface area contributed by atoms with E-state index in [1.807, 2.05) is 0 Å². The van der Waals surface area contributed by atoms with E-state index in [1.54, 1.807) is 6.92 Å². The molecule has 0 spiro atoms. The van der Waals surface area contributed by atoms with Gasteiger partial charge in [-0.1, -0.05) is 0 Å². The lowest BCUT2D eigenvalue weighted by Crippen LogP contribution is -2.33. The number of methoxy groups -OCH3 is 2. The summed E-state index contributed by atoms with van der Waals surface area (Å²) in [6.45, 7) is 5.17. The van der Waals surface area contributed by atoms with E-state index in [2.05, 4.69) is 6.92 Å². The molecule has 1 atom stereocenters. The average molecular weight is 147 g/mol. The zero-order valence-corrected chi connectivity index (χ0v) is 6.76. The predicted molar refractivity (Wildman–Crippen MR) is 38.4 cm³/mol. The van der Waals surface area contributed by atoms with Crippen molar-refractivity contribution in [3.05, 3.63) is 6.92 Å². The van der Waals surface area contributed by atoms with E-state index in [9.17, 15) is 0 Å². The fourth-order valence-electron chi connectivity index (χ4n) is 0.678. The van der Waals surface area contributed by atoms with Gasteiger partial charge in [0.25, 0.3) is 0 Å². The maximum atomic E-state index is 8.88. The fourth-order valence-corrected chi connectivity index (χ4v) is 0.678. The molecule has 0 saturated carbocycles. The number of aliphatic hydroxyl groups is 1. The van der Waals surface area contributed by atoms with Crippen molar-refractivity contribution in [3.63, 3.8) is 0 Å². The van der Waals surface area contributed by atoms with Crippen molar-refractivity contribution < 1.29 is 14.6 Å². The van der Waals surface area contributed by atoms with Gasteiger partial charge in [-0.2, -0.15) is 0 Å². The van der Waals surface area contributed by atoms with Gasteiger partial charge in [-0.05, 0) is 13.8 Å². The van der Waals surface area contributed by atoms with E-state index in [1.165, 1.54) is 14.2 Å². The summed E-state index contributed by atoms with van der Waals surface area (Å²) in [5.74, 6) is -0.707. The lowest BCUT2D eigenvalue weighted by molar-refractivity contribution is -0.206. The highest BCUT2D eigenvalue weighted by atomic mass is 16.7. The van der Waals surface area contributed by atoms with Crippen LogP contribution in [0.3, 0.4) is 0 Å². The van der Waals surface area contributed by atoms with Gasteiger partial charge in [0, 0.05) is 20.6 Å². The summed E-state index contributed by atoms with van der Waals surface area (Å²) in [7, 11) is 3.07. The minimum Gasteiger partial charge on any atom is -0.393 e. The number of hydrogen-bond acceptors (Lipinski definition) is 3. The van der Waals surface area contributed by atoms with E-state index in [-0.39, 0.29) is 0 Å². The van der Waals surface area contributed by atoms with Crippen molar-refractivity contribution >= 4 is 0 Å². The molecule has 0 aliphatic carbocycles. The van der Waals surface area contributed by atoms with E-state index in [0.29, 0.717) is 6.42 Å². The Labute approximate surface area is 62.0 Å². The highest BCUT2D eigenvalue weighted by molar-refractivity contribution is 4.69. The second kappa shape index (κ2) is 3.91. The summed E-state index contributed by atoms with van der Waals surface area (Å²) < 4.78 is 9.95. The van der Waals surface area contributed by atoms with Crippen LogP contribution in [0.25, 0.3) is 0 Å². The molecule has 3 heteroatoms. The van der Waals surface area contributed by atoms with Crippen LogP contribution < -0.4 is 0 Å². The van der Waals surface area contributed by atoms with Crippen LogP contribution in [-0.4, -0.2) is 31.2 Å². The Bertz CT molecular complexity index is 86.9. The SMILES string of the molecule is [CH2]C(O)CC(C)(OC)OC. The van der Waals surface area contributed by atoms with Crippen LogP contribution in [0, 0.1) is 6.92 Å². The van der Waals surface area contributed by atoms with E-state index in [4.69, 9.17) is 14.6 Å². The first-order valence-electron chi connectivity index (χ1n) is 3.15. The van der Waals surface area contributed by atoms with Crippen LogP contribution in [0.15, 0.2) is 0 Å². The van der Waals surface area contributed by atoms with Gasteiger partial charge in [-0.3, -0.25) is 0 Å². The molecule has 0 rings (SSSR count). The summed E-state index contributed by atoms with van der Waals surface area (Å²) in [5, 5.41) is 8.88. The summed E-state index contributed by atoms with van der Waals surface area (Å²) in [6.07, 6.45) is -0.273. The monoisotopic (exact) mass is 147 g/mol. The zero-order valence-electron chi connectivity index (χ0n) is 6.76. The summed E-state index contributed by atoms with van der Waals surface area (Å²) in [4.78, 5) is 0. The highest BCUT2D eigenvalue weighted by Gasteiger charge is 2.24. The van der Waals surface area contributed by atoms with E-state index >= 15 is 0 Å². The molecule has 3 nitrogen and oxygen atoms in total. The molecule has 0 saturated heterocycles. The lowest BCUT2D eigenvalue weighted by atomic mass is 10.1.